The Kier molecular flexibility index (Phi) is 4.76. The molecule has 0 saturated carbocycles. The van der Waals surface area contributed by atoms with Crippen LogP contribution in [0, 0.1) is 0 Å². The van der Waals surface area contributed by atoms with Crippen molar-refractivity contribution < 1.29 is 4.79 Å². The number of likely N-dealkylation sites (tertiary alicyclic amines) is 1. The number of nitrogens with zero attached hydrogens (tertiary/aromatic N) is 2. The average molecular weight is 336 g/mol. The van der Waals surface area contributed by atoms with Crippen LogP contribution < -0.4 is 5.32 Å². The summed E-state index contributed by atoms with van der Waals surface area (Å²) in [6.07, 6.45) is 2.15. The predicted octanol–water partition coefficient (Wildman–Crippen LogP) is 3.29. The van der Waals surface area contributed by atoms with E-state index in [0.717, 1.165) is 36.5 Å². The smallest absolute Gasteiger partial charge is 0.273 e. The standard InChI is InChI=1S/C16H18ClN3OS/c1-18-13-6-3-7-20(9-13)16(21)14-10-22-15(19-14)11-4-2-5-12(17)8-11/h2,4-5,8,10,13,18H,3,6-7,9H2,1H3. The summed E-state index contributed by atoms with van der Waals surface area (Å²) >= 11 is 7.49. The van der Waals surface area contributed by atoms with Crippen LogP contribution in [0.15, 0.2) is 29.6 Å². The van der Waals surface area contributed by atoms with Crippen LogP contribution in [0.2, 0.25) is 5.02 Å². The topological polar surface area (TPSA) is 45.2 Å². The molecule has 1 saturated heterocycles. The Morgan fingerprint density at radius 3 is 3.14 bits per heavy atom. The maximum Gasteiger partial charge on any atom is 0.273 e. The normalized spacial score (nSPS) is 18.5. The lowest BCUT2D eigenvalue weighted by Crippen LogP contribution is -2.47. The number of rotatable bonds is 3. The van der Waals surface area contributed by atoms with Gasteiger partial charge in [-0.25, -0.2) is 4.98 Å². The molecular weight excluding hydrogens is 318 g/mol. The number of hydrogen-bond donors (Lipinski definition) is 1. The second-order valence-electron chi connectivity index (χ2n) is 5.43. The Morgan fingerprint density at radius 2 is 2.36 bits per heavy atom. The van der Waals surface area contributed by atoms with Gasteiger partial charge >= 0.3 is 0 Å². The van der Waals surface area contributed by atoms with Crippen LogP contribution in [0.3, 0.4) is 0 Å². The number of thiazole rings is 1. The van der Waals surface area contributed by atoms with Gasteiger partial charge in [-0.1, -0.05) is 23.7 Å². The first kappa shape index (κ1) is 15.5. The number of hydrogen-bond acceptors (Lipinski definition) is 4. The minimum Gasteiger partial charge on any atom is -0.336 e. The van der Waals surface area contributed by atoms with Crippen LogP contribution in [0.4, 0.5) is 0 Å². The molecule has 0 radical (unpaired) electrons. The number of aromatic nitrogens is 1. The molecular formula is C16H18ClN3OS. The number of nitrogens with one attached hydrogen (secondary N) is 1. The van der Waals surface area contributed by atoms with E-state index in [1.165, 1.54) is 11.3 Å². The Bertz CT molecular complexity index is 673. The molecule has 0 bridgehead atoms. The highest BCUT2D eigenvalue weighted by Gasteiger charge is 2.25. The summed E-state index contributed by atoms with van der Waals surface area (Å²) in [4.78, 5) is 19.0. The van der Waals surface area contributed by atoms with Gasteiger partial charge in [-0.05, 0) is 32.0 Å². The maximum atomic E-state index is 12.6. The van der Waals surface area contributed by atoms with Gasteiger partial charge in [0.15, 0.2) is 0 Å². The van der Waals surface area contributed by atoms with Gasteiger partial charge in [0.25, 0.3) is 5.91 Å². The lowest BCUT2D eigenvalue weighted by Gasteiger charge is -2.32. The van der Waals surface area contributed by atoms with E-state index >= 15 is 0 Å². The van der Waals surface area contributed by atoms with E-state index in [-0.39, 0.29) is 5.91 Å². The number of piperidine rings is 1. The van der Waals surface area contributed by atoms with E-state index in [1.54, 1.807) is 0 Å². The molecule has 1 aromatic heterocycles. The summed E-state index contributed by atoms with van der Waals surface area (Å²) in [7, 11) is 1.94. The monoisotopic (exact) mass is 335 g/mol. The largest absolute Gasteiger partial charge is 0.336 e. The summed E-state index contributed by atoms with van der Waals surface area (Å²) in [5, 5.41) is 6.59. The van der Waals surface area contributed by atoms with E-state index in [1.807, 2.05) is 41.6 Å². The number of carbonyl (C=O) groups is 1. The first-order valence-corrected chi connectivity index (χ1v) is 8.61. The van der Waals surface area contributed by atoms with Gasteiger partial charge in [0.05, 0.1) is 0 Å². The highest BCUT2D eigenvalue weighted by Crippen LogP contribution is 2.26. The van der Waals surface area contributed by atoms with Crippen molar-refractivity contribution in [3.05, 3.63) is 40.4 Å². The van der Waals surface area contributed by atoms with Gasteiger partial charge in [0, 0.05) is 35.1 Å². The molecule has 2 heterocycles. The van der Waals surface area contributed by atoms with Crippen LogP contribution in [-0.4, -0.2) is 42.0 Å². The molecule has 1 aromatic carbocycles. The second-order valence-corrected chi connectivity index (χ2v) is 6.72. The number of benzene rings is 1. The van der Waals surface area contributed by atoms with Crippen molar-refractivity contribution in [3.8, 4) is 10.6 Å². The van der Waals surface area contributed by atoms with Gasteiger partial charge in [0.1, 0.15) is 10.7 Å². The van der Waals surface area contributed by atoms with E-state index in [9.17, 15) is 4.79 Å². The first-order valence-electron chi connectivity index (χ1n) is 7.35. The molecule has 0 spiro atoms. The van der Waals surface area contributed by atoms with Crippen molar-refractivity contribution >= 4 is 28.8 Å². The summed E-state index contributed by atoms with van der Waals surface area (Å²) in [6, 6.07) is 7.92. The lowest BCUT2D eigenvalue weighted by molar-refractivity contribution is 0.0693. The van der Waals surface area contributed by atoms with Gasteiger partial charge in [-0.15, -0.1) is 11.3 Å². The minimum atomic E-state index is 0.0180. The molecule has 1 N–H and O–H groups in total. The highest BCUT2D eigenvalue weighted by molar-refractivity contribution is 7.13. The Labute approximate surface area is 139 Å². The molecule has 116 valence electrons. The summed E-state index contributed by atoms with van der Waals surface area (Å²) < 4.78 is 0. The third-order valence-corrected chi connectivity index (χ3v) is 5.04. The molecule has 1 atom stereocenters. The first-order chi connectivity index (χ1) is 10.7. The fourth-order valence-electron chi connectivity index (χ4n) is 2.69. The van der Waals surface area contributed by atoms with Crippen LogP contribution in [0.1, 0.15) is 23.3 Å². The van der Waals surface area contributed by atoms with E-state index in [4.69, 9.17) is 11.6 Å². The van der Waals surface area contributed by atoms with Crippen LogP contribution in [-0.2, 0) is 0 Å². The molecule has 2 aromatic rings. The quantitative estimate of drug-likeness (QED) is 0.936. The third-order valence-electron chi connectivity index (χ3n) is 3.91. The highest BCUT2D eigenvalue weighted by atomic mass is 35.5. The van der Waals surface area contributed by atoms with Crippen molar-refractivity contribution in [2.75, 3.05) is 20.1 Å². The van der Waals surface area contributed by atoms with Gasteiger partial charge < -0.3 is 10.2 Å². The maximum absolute atomic E-state index is 12.6. The number of halogens is 1. The van der Waals surface area contributed by atoms with E-state index < -0.39 is 0 Å². The van der Waals surface area contributed by atoms with Gasteiger partial charge in [0.2, 0.25) is 0 Å². The minimum absolute atomic E-state index is 0.0180. The van der Waals surface area contributed by atoms with Crippen LogP contribution in [0.5, 0.6) is 0 Å². The zero-order valence-electron chi connectivity index (χ0n) is 12.4. The van der Waals surface area contributed by atoms with Crippen molar-refractivity contribution in [2.24, 2.45) is 0 Å². The molecule has 6 heteroatoms. The molecule has 1 amide bonds. The zero-order valence-corrected chi connectivity index (χ0v) is 14.0. The molecule has 0 aliphatic carbocycles. The Morgan fingerprint density at radius 1 is 1.50 bits per heavy atom. The van der Waals surface area contributed by atoms with Gasteiger partial charge in [-0.3, -0.25) is 4.79 Å². The second kappa shape index (κ2) is 6.77. The zero-order chi connectivity index (χ0) is 15.5. The van der Waals surface area contributed by atoms with E-state index in [0.29, 0.717) is 16.8 Å². The number of likely N-dealkylation sites (N-methyl/N-ethyl adjacent to an activating group) is 1. The van der Waals surface area contributed by atoms with Crippen LogP contribution >= 0.6 is 22.9 Å². The van der Waals surface area contributed by atoms with E-state index in [2.05, 4.69) is 10.3 Å². The van der Waals surface area contributed by atoms with Crippen LogP contribution in [0.25, 0.3) is 10.6 Å². The van der Waals surface area contributed by atoms with Crippen molar-refractivity contribution in [3.63, 3.8) is 0 Å². The fourth-order valence-corrected chi connectivity index (χ4v) is 3.67. The molecule has 1 aliphatic heterocycles. The Hall–Kier alpha value is -1.43. The molecule has 1 unspecified atom stereocenters. The summed E-state index contributed by atoms with van der Waals surface area (Å²) in [5.74, 6) is 0.0180. The Balaban J connectivity index is 1.77. The average Bonchev–Trinajstić information content (AvgIpc) is 3.04. The summed E-state index contributed by atoms with van der Waals surface area (Å²) in [6.45, 7) is 1.56. The predicted molar refractivity (Wildman–Crippen MR) is 90.5 cm³/mol. The SMILES string of the molecule is CNC1CCCN(C(=O)c2csc(-c3cccc(Cl)c3)n2)C1. The molecule has 1 fully saturated rings. The molecule has 1 aliphatic rings. The van der Waals surface area contributed by atoms with Crippen molar-refractivity contribution in [1.29, 1.82) is 0 Å². The number of amides is 1. The fraction of sp³-hybridized carbons (Fsp3) is 0.375. The lowest BCUT2D eigenvalue weighted by atomic mass is 10.1. The van der Waals surface area contributed by atoms with Crippen molar-refractivity contribution in [2.45, 2.75) is 18.9 Å². The molecule has 4 nitrogen and oxygen atoms in total. The summed E-state index contributed by atoms with van der Waals surface area (Å²) in [5.41, 5.74) is 1.47. The number of carbonyl (C=O) groups excluding carboxylic acids is 1. The molecule has 22 heavy (non-hydrogen) atoms. The third kappa shape index (κ3) is 3.32. The molecule has 3 rings (SSSR count). The van der Waals surface area contributed by atoms with Gasteiger partial charge in [-0.2, -0.15) is 0 Å². The van der Waals surface area contributed by atoms with Crippen molar-refractivity contribution in [1.82, 2.24) is 15.2 Å².